The van der Waals surface area contributed by atoms with E-state index in [0.717, 1.165) is 6.42 Å². The molecule has 0 fully saturated rings. The zero-order valence-electron chi connectivity index (χ0n) is 13.4. The molecule has 2 amide bonds. The van der Waals surface area contributed by atoms with Crippen LogP contribution in [-0.2, 0) is 14.3 Å². The molecule has 1 aromatic rings. The van der Waals surface area contributed by atoms with Gasteiger partial charge in [-0.15, -0.1) is 0 Å². The van der Waals surface area contributed by atoms with E-state index < -0.39 is 11.9 Å². The smallest absolute Gasteiger partial charge is 0.338 e. The number of thiocarbonyl (C=S) groups is 1. The van der Waals surface area contributed by atoms with Crippen molar-refractivity contribution in [3.8, 4) is 5.75 Å². The fraction of sp³-hybridized carbons (Fsp3) is 0.333. The summed E-state index contributed by atoms with van der Waals surface area (Å²) in [6, 6.07) is 6.22. The van der Waals surface area contributed by atoms with Crippen LogP contribution in [0.1, 0.15) is 30.6 Å². The van der Waals surface area contributed by atoms with E-state index in [-0.39, 0.29) is 17.6 Å². The Morgan fingerprint density at radius 3 is 2.38 bits per heavy atom. The average molecular weight is 353 g/mol. The molecule has 1 rings (SSSR count). The van der Waals surface area contributed by atoms with Gasteiger partial charge in [0.05, 0.1) is 12.2 Å². The van der Waals surface area contributed by atoms with Gasteiger partial charge in [-0.1, -0.05) is 6.92 Å². The van der Waals surface area contributed by atoms with Gasteiger partial charge in [-0.2, -0.15) is 0 Å². The number of ether oxygens (including phenoxy) is 2. The van der Waals surface area contributed by atoms with E-state index in [0.29, 0.717) is 17.9 Å². The number of carbonyl (C=O) groups excluding carboxylic acids is 3. The minimum Gasteiger partial charge on any atom is -0.484 e. The van der Waals surface area contributed by atoms with Crippen molar-refractivity contribution < 1.29 is 23.9 Å². The van der Waals surface area contributed by atoms with Crippen LogP contribution in [0.3, 0.4) is 0 Å². The average Bonchev–Trinajstić information content (AvgIpc) is 2.55. The van der Waals surface area contributed by atoms with Gasteiger partial charge in [-0.25, -0.2) is 4.79 Å². The van der Waals surface area contributed by atoms with Crippen LogP contribution < -0.4 is 20.9 Å². The number of hydrogen-bond acceptors (Lipinski definition) is 6. The van der Waals surface area contributed by atoms with E-state index in [4.69, 9.17) is 21.7 Å². The molecule has 0 radical (unpaired) electrons. The molecule has 0 spiro atoms. The van der Waals surface area contributed by atoms with Crippen molar-refractivity contribution in [2.75, 3.05) is 13.2 Å². The predicted molar refractivity (Wildman–Crippen MR) is 90.2 cm³/mol. The lowest BCUT2D eigenvalue weighted by Crippen LogP contribution is -2.49. The zero-order chi connectivity index (χ0) is 17.9. The maximum Gasteiger partial charge on any atom is 0.338 e. The standard InChI is InChI=1S/C15H19N3O5S/c1-3-8-22-14(21)11-4-6-12(7-5-11)23-9-13(20)17-18-15(24)16-10(2)19/h4-7H,3,8-9H2,1-2H3,(H,17,20)(H2,16,18,19,24). The van der Waals surface area contributed by atoms with Crippen LogP contribution in [-0.4, -0.2) is 36.1 Å². The highest BCUT2D eigenvalue weighted by Gasteiger charge is 2.08. The van der Waals surface area contributed by atoms with Crippen LogP contribution in [0.2, 0.25) is 0 Å². The van der Waals surface area contributed by atoms with E-state index in [1.807, 2.05) is 6.92 Å². The first kappa shape index (κ1) is 19.4. The third kappa shape index (κ3) is 7.54. The molecule has 3 N–H and O–H groups in total. The van der Waals surface area contributed by atoms with Crippen LogP contribution in [0.4, 0.5) is 0 Å². The summed E-state index contributed by atoms with van der Waals surface area (Å²) in [6.45, 7) is 3.30. The van der Waals surface area contributed by atoms with E-state index in [1.165, 1.54) is 6.92 Å². The number of rotatable bonds is 6. The monoisotopic (exact) mass is 353 g/mol. The van der Waals surface area contributed by atoms with Gasteiger partial charge in [0.25, 0.3) is 5.91 Å². The fourth-order valence-electron chi connectivity index (χ4n) is 1.47. The molecule has 1 aromatic carbocycles. The molecule has 0 heterocycles. The summed E-state index contributed by atoms with van der Waals surface area (Å²) in [7, 11) is 0. The summed E-state index contributed by atoms with van der Waals surface area (Å²) in [5.41, 5.74) is 5.02. The first-order chi connectivity index (χ1) is 11.4. The van der Waals surface area contributed by atoms with Gasteiger partial charge in [-0.05, 0) is 42.9 Å². The van der Waals surface area contributed by atoms with Crippen LogP contribution in [0, 0.1) is 0 Å². The Morgan fingerprint density at radius 1 is 1.12 bits per heavy atom. The lowest BCUT2D eigenvalue weighted by Gasteiger charge is -2.10. The van der Waals surface area contributed by atoms with E-state index in [9.17, 15) is 14.4 Å². The molecule has 8 nitrogen and oxygen atoms in total. The number of benzene rings is 1. The minimum atomic E-state index is -0.492. The molecule has 130 valence electrons. The number of hydrazine groups is 1. The largest absolute Gasteiger partial charge is 0.484 e. The van der Waals surface area contributed by atoms with E-state index in [1.54, 1.807) is 24.3 Å². The first-order valence-electron chi connectivity index (χ1n) is 7.18. The van der Waals surface area contributed by atoms with Crippen molar-refractivity contribution in [2.24, 2.45) is 0 Å². The number of amides is 2. The number of carbonyl (C=O) groups is 3. The topological polar surface area (TPSA) is 106 Å². The number of nitrogens with one attached hydrogen (secondary N) is 3. The van der Waals surface area contributed by atoms with Gasteiger partial charge >= 0.3 is 5.97 Å². The molecular weight excluding hydrogens is 334 g/mol. The second kappa shape index (κ2) is 10.2. The molecule has 0 aliphatic carbocycles. The molecule has 0 aliphatic heterocycles. The highest BCUT2D eigenvalue weighted by atomic mass is 32.1. The Hall–Kier alpha value is -2.68. The Bertz CT molecular complexity index is 604. The van der Waals surface area contributed by atoms with Crippen LogP contribution in [0.15, 0.2) is 24.3 Å². The van der Waals surface area contributed by atoms with Gasteiger partial charge in [0.2, 0.25) is 5.91 Å². The summed E-state index contributed by atoms with van der Waals surface area (Å²) in [4.78, 5) is 33.9. The summed E-state index contributed by atoms with van der Waals surface area (Å²) in [5, 5.41) is 2.26. The van der Waals surface area contributed by atoms with Gasteiger partial charge in [0.15, 0.2) is 11.7 Å². The van der Waals surface area contributed by atoms with Crippen molar-refractivity contribution in [1.82, 2.24) is 16.2 Å². The van der Waals surface area contributed by atoms with Crippen molar-refractivity contribution in [2.45, 2.75) is 20.3 Å². The summed E-state index contributed by atoms with van der Waals surface area (Å²) in [5.74, 6) is -0.830. The summed E-state index contributed by atoms with van der Waals surface area (Å²) >= 11 is 4.75. The van der Waals surface area contributed by atoms with Gasteiger partial charge in [-0.3, -0.25) is 20.4 Å². The molecule has 24 heavy (non-hydrogen) atoms. The second-order valence-corrected chi connectivity index (χ2v) is 5.04. The SMILES string of the molecule is CCCOC(=O)c1ccc(OCC(=O)NNC(=S)NC(C)=O)cc1. The van der Waals surface area contributed by atoms with Gasteiger partial charge < -0.3 is 14.8 Å². The van der Waals surface area contributed by atoms with Crippen molar-refractivity contribution in [1.29, 1.82) is 0 Å². The first-order valence-corrected chi connectivity index (χ1v) is 7.59. The molecule has 0 aliphatic rings. The second-order valence-electron chi connectivity index (χ2n) is 4.63. The molecular formula is C15H19N3O5S. The Morgan fingerprint density at radius 2 is 1.79 bits per heavy atom. The normalized spacial score (nSPS) is 9.58. The minimum absolute atomic E-state index is 0.0224. The molecule has 0 atom stereocenters. The van der Waals surface area contributed by atoms with E-state index >= 15 is 0 Å². The highest BCUT2D eigenvalue weighted by molar-refractivity contribution is 7.80. The third-order valence-corrected chi connectivity index (χ3v) is 2.71. The van der Waals surface area contributed by atoms with Crippen LogP contribution >= 0.6 is 12.2 Å². The predicted octanol–water partition coefficient (Wildman–Crippen LogP) is 0.674. The molecule has 0 aromatic heterocycles. The summed E-state index contributed by atoms with van der Waals surface area (Å²) in [6.07, 6.45) is 0.751. The molecule has 9 heteroatoms. The molecule has 0 bridgehead atoms. The lowest BCUT2D eigenvalue weighted by molar-refractivity contribution is -0.124. The quantitative estimate of drug-likeness (QED) is 0.392. The summed E-state index contributed by atoms with van der Waals surface area (Å²) < 4.78 is 10.3. The van der Waals surface area contributed by atoms with Crippen LogP contribution in [0.25, 0.3) is 0 Å². The molecule has 0 unspecified atom stereocenters. The van der Waals surface area contributed by atoms with Gasteiger partial charge in [0, 0.05) is 6.92 Å². The third-order valence-electron chi connectivity index (χ3n) is 2.50. The fourth-order valence-corrected chi connectivity index (χ4v) is 1.66. The van der Waals surface area contributed by atoms with Gasteiger partial charge in [0.1, 0.15) is 5.75 Å². The zero-order valence-corrected chi connectivity index (χ0v) is 14.2. The maximum atomic E-state index is 11.6. The molecule has 0 saturated carbocycles. The van der Waals surface area contributed by atoms with Crippen molar-refractivity contribution in [3.63, 3.8) is 0 Å². The lowest BCUT2D eigenvalue weighted by atomic mass is 10.2. The Balaban J connectivity index is 2.36. The Kier molecular flexibility index (Phi) is 8.20. The number of esters is 1. The van der Waals surface area contributed by atoms with E-state index in [2.05, 4.69) is 16.2 Å². The number of hydrogen-bond donors (Lipinski definition) is 3. The highest BCUT2D eigenvalue weighted by Crippen LogP contribution is 2.12. The Labute approximate surface area is 144 Å². The van der Waals surface area contributed by atoms with Crippen molar-refractivity contribution >= 4 is 35.1 Å². The van der Waals surface area contributed by atoms with Crippen LogP contribution in [0.5, 0.6) is 5.75 Å². The van der Waals surface area contributed by atoms with Crippen molar-refractivity contribution in [3.05, 3.63) is 29.8 Å². The molecule has 0 saturated heterocycles. The maximum absolute atomic E-state index is 11.6.